The number of hydrogen-bond acceptors (Lipinski definition) is 3. The summed E-state index contributed by atoms with van der Waals surface area (Å²) in [6, 6.07) is 6.62. The van der Waals surface area contributed by atoms with Gasteiger partial charge in [0, 0.05) is 18.2 Å². The second-order valence-corrected chi connectivity index (χ2v) is 5.55. The number of hydrogen-bond donors (Lipinski definition) is 1. The molecule has 1 unspecified atom stereocenters. The molecule has 114 valence electrons. The summed E-state index contributed by atoms with van der Waals surface area (Å²) in [7, 11) is 1.73. The SMILES string of the molecule is COc1ccc(C)cc1C(C)NCCCCOC(C)C. The summed E-state index contributed by atoms with van der Waals surface area (Å²) < 4.78 is 11.0. The second kappa shape index (κ2) is 8.98. The van der Waals surface area contributed by atoms with Crippen molar-refractivity contribution in [3.8, 4) is 5.75 Å². The van der Waals surface area contributed by atoms with Crippen LogP contribution in [0.2, 0.25) is 0 Å². The van der Waals surface area contributed by atoms with Crippen molar-refractivity contribution in [3.63, 3.8) is 0 Å². The van der Waals surface area contributed by atoms with Crippen molar-refractivity contribution in [2.75, 3.05) is 20.3 Å². The van der Waals surface area contributed by atoms with Gasteiger partial charge in [-0.3, -0.25) is 0 Å². The van der Waals surface area contributed by atoms with Crippen LogP contribution in [0.1, 0.15) is 50.8 Å². The Morgan fingerprint density at radius 3 is 2.55 bits per heavy atom. The highest BCUT2D eigenvalue weighted by molar-refractivity contribution is 5.38. The van der Waals surface area contributed by atoms with Crippen LogP contribution in [0.3, 0.4) is 0 Å². The van der Waals surface area contributed by atoms with E-state index in [9.17, 15) is 0 Å². The number of unbranched alkanes of at least 4 members (excludes halogenated alkanes) is 1. The van der Waals surface area contributed by atoms with E-state index in [0.29, 0.717) is 12.1 Å². The summed E-state index contributed by atoms with van der Waals surface area (Å²) in [5.41, 5.74) is 2.49. The van der Waals surface area contributed by atoms with Crippen LogP contribution < -0.4 is 10.1 Å². The first-order valence-corrected chi connectivity index (χ1v) is 7.54. The van der Waals surface area contributed by atoms with Gasteiger partial charge in [0.25, 0.3) is 0 Å². The number of methoxy groups -OCH3 is 1. The molecule has 1 atom stereocenters. The van der Waals surface area contributed by atoms with Gasteiger partial charge in [-0.2, -0.15) is 0 Å². The Labute approximate surface area is 123 Å². The third-order valence-electron chi connectivity index (χ3n) is 3.32. The fraction of sp³-hybridized carbons (Fsp3) is 0.647. The number of ether oxygens (including phenoxy) is 2. The third kappa shape index (κ3) is 5.93. The quantitative estimate of drug-likeness (QED) is 0.696. The van der Waals surface area contributed by atoms with Crippen LogP contribution in [0.15, 0.2) is 18.2 Å². The van der Waals surface area contributed by atoms with Gasteiger partial charge in [0.15, 0.2) is 0 Å². The molecule has 0 radical (unpaired) electrons. The molecule has 0 aromatic heterocycles. The molecular weight excluding hydrogens is 250 g/mol. The third-order valence-corrected chi connectivity index (χ3v) is 3.32. The first-order chi connectivity index (χ1) is 9.54. The van der Waals surface area contributed by atoms with E-state index in [1.165, 1.54) is 11.1 Å². The Morgan fingerprint density at radius 1 is 1.15 bits per heavy atom. The molecule has 1 aromatic rings. The Morgan fingerprint density at radius 2 is 1.90 bits per heavy atom. The molecule has 0 bridgehead atoms. The molecule has 3 heteroatoms. The Hall–Kier alpha value is -1.06. The predicted molar refractivity (Wildman–Crippen MR) is 84.5 cm³/mol. The minimum atomic E-state index is 0.302. The summed E-state index contributed by atoms with van der Waals surface area (Å²) >= 11 is 0. The van der Waals surface area contributed by atoms with E-state index in [1.54, 1.807) is 7.11 Å². The van der Waals surface area contributed by atoms with Crippen molar-refractivity contribution in [1.82, 2.24) is 5.32 Å². The molecule has 0 heterocycles. The maximum atomic E-state index is 5.54. The van der Waals surface area contributed by atoms with Crippen LogP contribution in [0, 0.1) is 6.92 Å². The Balaban J connectivity index is 2.35. The molecule has 0 saturated carbocycles. The molecule has 0 fully saturated rings. The first kappa shape index (κ1) is 17.0. The first-order valence-electron chi connectivity index (χ1n) is 7.54. The lowest BCUT2D eigenvalue weighted by Crippen LogP contribution is -2.21. The highest BCUT2D eigenvalue weighted by atomic mass is 16.5. The van der Waals surface area contributed by atoms with Crippen LogP contribution in [0.25, 0.3) is 0 Å². The topological polar surface area (TPSA) is 30.5 Å². The summed E-state index contributed by atoms with van der Waals surface area (Å²) in [5.74, 6) is 0.957. The highest BCUT2D eigenvalue weighted by Crippen LogP contribution is 2.25. The van der Waals surface area contributed by atoms with Crippen LogP contribution in [0.4, 0.5) is 0 Å². The van der Waals surface area contributed by atoms with Gasteiger partial charge in [0.2, 0.25) is 0 Å². The Kier molecular flexibility index (Phi) is 7.63. The predicted octanol–water partition coefficient (Wildman–Crippen LogP) is 3.86. The van der Waals surface area contributed by atoms with E-state index in [2.05, 4.69) is 45.1 Å². The number of nitrogens with one attached hydrogen (secondary N) is 1. The minimum absolute atomic E-state index is 0.302. The molecule has 3 nitrogen and oxygen atoms in total. The molecule has 0 aliphatic rings. The lowest BCUT2D eigenvalue weighted by molar-refractivity contribution is 0.0759. The lowest BCUT2D eigenvalue weighted by Gasteiger charge is -2.18. The van der Waals surface area contributed by atoms with E-state index < -0.39 is 0 Å². The zero-order chi connectivity index (χ0) is 15.0. The van der Waals surface area contributed by atoms with Crippen molar-refractivity contribution >= 4 is 0 Å². The number of rotatable bonds is 9. The molecule has 0 saturated heterocycles. The molecule has 20 heavy (non-hydrogen) atoms. The van der Waals surface area contributed by atoms with E-state index in [4.69, 9.17) is 9.47 Å². The molecule has 0 amide bonds. The zero-order valence-electron chi connectivity index (χ0n) is 13.5. The van der Waals surface area contributed by atoms with Gasteiger partial charge in [-0.15, -0.1) is 0 Å². The average Bonchev–Trinajstić information content (AvgIpc) is 2.42. The summed E-state index contributed by atoms with van der Waals surface area (Å²) in [5, 5.41) is 3.55. The lowest BCUT2D eigenvalue weighted by atomic mass is 10.0. The molecule has 1 N–H and O–H groups in total. The molecule has 0 spiro atoms. The van der Waals surface area contributed by atoms with Crippen molar-refractivity contribution in [2.24, 2.45) is 0 Å². The van der Waals surface area contributed by atoms with E-state index in [-0.39, 0.29) is 0 Å². The molecule has 0 aliphatic carbocycles. The second-order valence-electron chi connectivity index (χ2n) is 5.55. The van der Waals surface area contributed by atoms with E-state index in [0.717, 1.165) is 31.7 Å². The maximum absolute atomic E-state index is 5.54. The minimum Gasteiger partial charge on any atom is -0.496 e. The smallest absolute Gasteiger partial charge is 0.123 e. The van der Waals surface area contributed by atoms with Gasteiger partial charge < -0.3 is 14.8 Å². The van der Waals surface area contributed by atoms with Gasteiger partial charge in [-0.05, 0) is 53.1 Å². The van der Waals surface area contributed by atoms with Crippen LogP contribution in [0.5, 0.6) is 5.75 Å². The molecule has 0 aliphatic heterocycles. The number of aryl methyl sites for hydroxylation is 1. The van der Waals surface area contributed by atoms with Gasteiger partial charge in [0.05, 0.1) is 13.2 Å². The largest absolute Gasteiger partial charge is 0.496 e. The molecular formula is C17H29NO2. The van der Waals surface area contributed by atoms with Gasteiger partial charge in [-0.25, -0.2) is 0 Å². The molecule has 1 aromatic carbocycles. The van der Waals surface area contributed by atoms with Gasteiger partial charge in [0.1, 0.15) is 5.75 Å². The van der Waals surface area contributed by atoms with Crippen molar-refractivity contribution in [2.45, 2.75) is 52.7 Å². The van der Waals surface area contributed by atoms with Crippen LogP contribution >= 0.6 is 0 Å². The summed E-state index contributed by atoms with van der Waals surface area (Å²) in [4.78, 5) is 0. The normalized spacial score (nSPS) is 12.7. The maximum Gasteiger partial charge on any atom is 0.123 e. The fourth-order valence-corrected chi connectivity index (χ4v) is 2.17. The van der Waals surface area contributed by atoms with E-state index >= 15 is 0 Å². The summed E-state index contributed by atoms with van der Waals surface area (Å²) in [6.45, 7) is 10.3. The van der Waals surface area contributed by atoms with Gasteiger partial charge >= 0.3 is 0 Å². The fourth-order valence-electron chi connectivity index (χ4n) is 2.17. The number of benzene rings is 1. The van der Waals surface area contributed by atoms with Crippen LogP contribution in [-0.4, -0.2) is 26.4 Å². The standard InChI is InChI=1S/C17H29NO2/c1-13(2)20-11-7-6-10-18-15(4)16-12-14(3)8-9-17(16)19-5/h8-9,12-13,15,18H,6-7,10-11H2,1-5H3. The zero-order valence-corrected chi connectivity index (χ0v) is 13.5. The summed E-state index contributed by atoms with van der Waals surface area (Å²) in [6.07, 6.45) is 2.56. The van der Waals surface area contributed by atoms with Crippen molar-refractivity contribution in [1.29, 1.82) is 0 Å². The van der Waals surface area contributed by atoms with Crippen molar-refractivity contribution < 1.29 is 9.47 Å². The highest BCUT2D eigenvalue weighted by Gasteiger charge is 2.10. The molecule has 1 rings (SSSR count). The van der Waals surface area contributed by atoms with Crippen LogP contribution in [-0.2, 0) is 4.74 Å². The van der Waals surface area contributed by atoms with Gasteiger partial charge in [-0.1, -0.05) is 17.7 Å². The average molecular weight is 279 g/mol. The van der Waals surface area contributed by atoms with Crippen molar-refractivity contribution in [3.05, 3.63) is 29.3 Å². The van der Waals surface area contributed by atoms with E-state index in [1.807, 2.05) is 6.07 Å². The Bertz CT molecular complexity index is 391. The monoisotopic (exact) mass is 279 g/mol.